The van der Waals surface area contributed by atoms with Crippen LogP contribution in [0.2, 0.25) is 0 Å². The standard InChI is InChI=1S/C28H31N3O3/c1-3-17-31-27(34)30(26(33)28(31)16-15-23-11-7-8-12-24(23)28)19-25(32)29(20(2)22-13-14-22)18-21-9-5-4-6-10-21/h3-12,20,22H,1,13-19H2,2H3. The third kappa shape index (κ3) is 3.61. The molecule has 0 radical (unpaired) electrons. The summed E-state index contributed by atoms with van der Waals surface area (Å²) in [5.41, 5.74) is 1.95. The number of nitrogens with zero attached hydrogens (tertiary/aromatic N) is 3. The summed E-state index contributed by atoms with van der Waals surface area (Å²) in [6.07, 6.45) is 5.11. The number of rotatable bonds is 8. The van der Waals surface area contributed by atoms with Gasteiger partial charge in [0.1, 0.15) is 12.1 Å². The van der Waals surface area contributed by atoms with Gasteiger partial charge in [-0.05, 0) is 55.2 Å². The molecule has 2 unspecified atom stereocenters. The van der Waals surface area contributed by atoms with Gasteiger partial charge < -0.3 is 9.80 Å². The topological polar surface area (TPSA) is 60.9 Å². The Morgan fingerprint density at radius 3 is 2.56 bits per heavy atom. The average Bonchev–Trinajstić information content (AvgIpc) is 3.61. The lowest BCUT2D eigenvalue weighted by Crippen LogP contribution is -2.47. The molecule has 3 aliphatic rings. The molecule has 1 spiro atoms. The lowest BCUT2D eigenvalue weighted by atomic mass is 9.90. The Balaban J connectivity index is 1.44. The Morgan fingerprint density at radius 1 is 1.15 bits per heavy atom. The normalized spacial score (nSPS) is 22.3. The van der Waals surface area contributed by atoms with Gasteiger partial charge in [-0.2, -0.15) is 0 Å². The Labute approximate surface area is 200 Å². The van der Waals surface area contributed by atoms with Crippen LogP contribution in [0.1, 0.15) is 42.9 Å². The maximum atomic E-state index is 13.9. The molecule has 2 aliphatic carbocycles. The minimum absolute atomic E-state index is 0.0611. The van der Waals surface area contributed by atoms with Gasteiger partial charge >= 0.3 is 6.03 Å². The molecule has 2 aromatic carbocycles. The van der Waals surface area contributed by atoms with E-state index in [1.807, 2.05) is 59.5 Å². The first-order valence-corrected chi connectivity index (χ1v) is 12.1. The maximum Gasteiger partial charge on any atom is 0.328 e. The van der Waals surface area contributed by atoms with Crippen LogP contribution in [-0.2, 0) is 28.1 Å². The molecule has 4 amide bonds. The van der Waals surface area contributed by atoms with Crippen molar-refractivity contribution in [1.82, 2.24) is 14.7 Å². The fraction of sp³-hybridized carbons (Fsp3) is 0.393. The fourth-order valence-electron chi connectivity index (χ4n) is 5.63. The lowest BCUT2D eigenvalue weighted by molar-refractivity contribution is -0.141. The van der Waals surface area contributed by atoms with Crippen molar-refractivity contribution in [2.45, 2.75) is 50.7 Å². The van der Waals surface area contributed by atoms with Crippen molar-refractivity contribution >= 4 is 17.8 Å². The lowest BCUT2D eigenvalue weighted by Gasteiger charge is -2.31. The van der Waals surface area contributed by atoms with Crippen LogP contribution >= 0.6 is 0 Å². The van der Waals surface area contributed by atoms with Crippen molar-refractivity contribution in [2.24, 2.45) is 5.92 Å². The van der Waals surface area contributed by atoms with E-state index in [0.29, 0.717) is 18.9 Å². The van der Waals surface area contributed by atoms with E-state index in [1.165, 1.54) is 4.90 Å². The molecule has 34 heavy (non-hydrogen) atoms. The smallest absolute Gasteiger partial charge is 0.328 e. The minimum atomic E-state index is -1.05. The highest BCUT2D eigenvalue weighted by molar-refractivity contribution is 6.10. The van der Waals surface area contributed by atoms with Gasteiger partial charge in [0.2, 0.25) is 5.91 Å². The van der Waals surface area contributed by atoms with Crippen LogP contribution < -0.4 is 0 Å². The minimum Gasteiger partial charge on any atom is -0.334 e. The Kier molecular flexibility index (Phi) is 5.76. The molecule has 0 bridgehead atoms. The second-order valence-electron chi connectivity index (χ2n) is 9.68. The van der Waals surface area contributed by atoms with Crippen LogP contribution in [-0.4, -0.2) is 51.7 Å². The zero-order valence-electron chi connectivity index (χ0n) is 19.7. The van der Waals surface area contributed by atoms with Gasteiger partial charge in [0, 0.05) is 19.1 Å². The molecule has 0 aromatic heterocycles. The number of amides is 4. The Bertz CT molecular complexity index is 1130. The maximum absolute atomic E-state index is 13.9. The third-order valence-corrected chi connectivity index (χ3v) is 7.66. The van der Waals surface area contributed by atoms with E-state index in [4.69, 9.17) is 0 Å². The van der Waals surface area contributed by atoms with Crippen LogP contribution in [0.3, 0.4) is 0 Å². The number of carbonyl (C=O) groups is 3. The van der Waals surface area contributed by atoms with E-state index in [0.717, 1.165) is 36.0 Å². The van der Waals surface area contributed by atoms with Crippen LogP contribution in [0, 0.1) is 5.92 Å². The zero-order chi connectivity index (χ0) is 23.9. The monoisotopic (exact) mass is 457 g/mol. The first-order valence-electron chi connectivity index (χ1n) is 12.1. The molecule has 1 saturated heterocycles. The molecule has 6 nitrogen and oxygen atoms in total. The average molecular weight is 458 g/mol. The number of hydrogen-bond acceptors (Lipinski definition) is 3. The van der Waals surface area contributed by atoms with Crippen molar-refractivity contribution in [2.75, 3.05) is 13.1 Å². The Morgan fingerprint density at radius 2 is 1.85 bits per heavy atom. The van der Waals surface area contributed by atoms with Gasteiger partial charge in [-0.25, -0.2) is 4.79 Å². The van der Waals surface area contributed by atoms with E-state index >= 15 is 0 Å². The van der Waals surface area contributed by atoms with Gasteiger partial charge in [0.25, 0.3) is 5.91 Å². The van der Waals surface area contributed by atoms with Crippen LogP contribution in [0.15, 0.2) is 67.3 Å². The van der Waals surface area contributed by atoms with Crippen molar-refractivity contribution in [3.05, 3.63) is 83.9 Å². The molecule has 1 saturated carbocycles. The summed E-state index contributed by atoms with van der Waals surface area (Å²) in [6.45, 7) is 6.37. The number of imide groups is 1. The third-order valence-electron chi connectivity index (χ3n) is 7.66. The van der Waals surface area contributed by atoms with E-state index in [2.05, 4.69) is 13.5 Å². The van der Waals surface area contributed by atoms with Gasteiger partial charge in [-0.3, -0.25) is 14.5 Å². The summed E-state index contributed by atoms with van der Waals surface area (Å²) < 4.78 is 0. The second kappa shape index (κ2) is 8.75. The zero-order valence-corrected chi connectivity index (χ0v) is 19.7. The van der Waals surface area contributed by atoms with E-state index in [1.54, 1.807) is 11.0 Å². The molecule has 0 N–H and O–H groups in total. The van der Waals surface area contributed by atoms with Crippen molar-refractivity contribution in [1.29, 1.82) is 0 Å². The van der Waals surface area contributed by atoms with Crippen LogP contribution in [0.5, 0.6) is 0 Å². The number of hydrogen-bond donors (Lipinski definition) is 0. The van der Waals surface area contributed by atoms with Gasteiger partial charge in [0.15, 0.2) is 0 Å². The summed E-state index contributed by atoms with van der Waals surface area (Å²) >= 11 is 0. The predicted molar refractivity (Wildman–Crippen MR) is 130 cm³/mol. The first kappa shape index (κ1) is 22.4. The highest BCUT2D eigenvalue weighted by atomic mass is 16.2. The quantitative estimate of drug-likeness (QED) is 0.443. The second-order valence-corrected chi connectivity index (χ2v) is 9.68. The summed E-state index contributed by atoms with van der Waals surface area (Å²) in [4.78, 5) is 45.6. The van der Waals surface area contributed by atoms with Crippen molar-refractivity contribution in [3.8, 4) is 0 Å². The molecule has 176 valence electrons. The highest BCUT2D eigenvalue weighted by Crippen LogP contribution is 2.47. The first-order chi connectivity index (χ1) is 16.5. The largest absolute Gasteiger partial charge is 0.334 e. The molecule has 2 aromatic rings. The molecule has 2 fully saturated rings. The van der Waals surface area contributed by atoms with E-state index < -0.39 is 11.6 Å². The van der Waals surface area contributed by atoms with E-state index in [9.17, 15) is 14.4 Å². The molecular weight excluding hydrogens is 426 g/mol. The van der Waals surface area contributed by atoms with Gasteiger partial charge in [-0.1, -0.05) is 60.7 Å². The van der Waals surface area contributed by atoms with Crippen molar-refractivity contribution in [3.63, 3.8) is 0 Å². The van der Waals surface area contributed by atoms with Crippen LogP contribution in [0.4, 0.5) is 4.79 Å². The Hall–Kier alpha value is -3.41. The summed E-state index contributed by atoms with van der Waals surface area (Å²) in [6, 6.07) is 17.3. The highest BCUT2D eigenvalue weighted by Gasteiger charge is 2.60. The molecular formula is C28H31N3O3. The van der Waals surface area contributed by atoms with Gasteiger partial charge in [0.05, 0.1) is 0 Å². The van der Waals surface area contributed by atoms with Crippen molar-refractivity contribution < 1.29 is 14.4 Å². The molecule has 2 atom stereocenters. The summed E-state index contributed by atoms with van der Waals surface area (Å²) in [5, 5.41) is 0. The summed E-state index contributed by atoms with van der Waals surface area (Å²) in [7, 11) is 0. The van der Waals surface area contributed by atoms with Gasteiger partial charge in [-0.15, -0.1) is 6.58 Å². The van der Waals surface area contributed by atoms with E-state index in [-0.39, 0.29) is 30.9 Å². The molecule has 1 aliphatic heterocycles. The fourth-order valence-corrected chi connectivity index (χ4v) is 5.63. The number of benzene rings is 2. The predicted octanol–water partition coefficient (Wildman–Crippen LogP) is 4.11. The molecule has 6 heteroatoms. The SMILES string of the molecule is C=CCN1C(=O)N(CC(=O)N(Cc2ccccc2)C(C)C2CC2)C(=O)C12CCc1ccccc12. The number of fused-ring (bicyclic) bond motifs is 2. The van der Waals surface area contributed by atoms with Crippen LogP contribution in [0.25, 0.3) is 0 Å². The summed E-state index contributed by atoms with van der Waals surface area (Å²) in [5.74, 6) is -0.00816. The number of urea groups is 1. The number of carbonyl (C=O) groups excluding carboxylic acids is 3. The number of aryl methyl sites for hydroxylation is 1. The molecule has 1 heterocycles. The molecule has 5 rings (SSSR count).